The largest absolute Gasteiger partial charge is 0.343 e. The number of nitrogens with zero attached hydrogens (tertiary/aromatic N) is 3. The number of aryl methyl sites for hydroxylation is 1. The van der Waals surface area contributed by atoms with Gasteiger partial charge in [-0.15, -0.1) is 11.3 Å². The minimum atomic E-state index is -0.152. The van der Waals surface area contributed by atoms with Gasteiger partial charge in [0, 0.05) is 50.0 Å². The molecule has 6 heteroatoms. The van der Waals surface area contributed by atoms with Crippen LogP contribution in [0.1, 0.15) is 33.6 Å². The summed E-state index contributed by atoms with van der Waals surface area (Å²) in [4.78, 5) is 32.7. The van der Waals surface area contributed by atoms with Gasteiger partial charge in [-0.3, -0.25) is 14.5 Å². The number of hydrogen-bond acceptors (Lipinski definition) is 4. The Labute approximate surface area is 140 Å². The van der Waals surface area contributed by atoms with E-state index in [2.05, 4.69) is 4.90 Å². The molecule has 1 aromatic rings. The van der Waals surface area contributed by atoms with E-state index >= 15 is 0 Å². The van der Waals surface area contributed by atoms with Crippen molar-refractivity contribution in [2.75, 3.05) is 39.8 Å². The number of thiophene rings is 1. The number of carbonyl (C=O) groups excluding carboxylic acids is 2. The van der Waals surface area contributed by atoms with E-state index in [1.165, 1.54) is 23.3 Å². The first-order valence-corrected chi connectivity index (χ1v) is 9.40. The van der Waals surface area contributed by atoms with Crippen molar-refractivity contribution in [2.45, 2.75) is 31.7 Å². The van der Waals surface area contributed by atoms with Gasteiger partial charge in [0.2, 0.25) is 5.91 Å². The van der Waals surface area contributed by atoms with Crippen molar-refractivity contribution < 1.29 is 9.59 Å². The molecule has 0 bridgehead atoms. The molecule has 0 N–H and O–H groups in total. The molecule has 124 valence electrons. The Morgan fingerprint density at radius 1 is 1.17 bits per heavy atom. The fourth-order valence-electron chi connectivity index (χ4n) is 3.99. The Morgan fingerprint density at radius 2 is 1.96 bits per heavy atom. The third kappa shape index (κ3) is 2.58. The van der Waals surface area contributed by atoms with Gasteiger partial charge in [0.25, 0.3) is 5.91 Å². The summed E-state index contributed by atoms with van der Waals surface area (Å²) < 4.78 is 0. The molecule has 0 saturated carbocycles. The number of carbonyl (C=O) groups is 2. The van der Waals surface area contributed by atoms with Gasteiger partial charge >= 0.3 is 0 Å². The van der Waals surface area contributed by atoms with E-state index in [-0.39, 0.29) is 17.9 Å². The molecule has 0 spiro atoms. The van der Waals surface area contributed by atoms with Crippen molar-refractivity contribution in [3.05, 3.63) is 21.4 Å². The topological polar surface area (TPSA) is 43.9 Å². The summed E-state index contributed by atoms with van der Waals surface area (Å²) in [5.41, 5.74) is 2.18. The third-order valence-electron chi connectivity index (χ3n) is 5.45. The molecule has 23 heavy (non-hydrogen) atoms. The minimum Gasteiger partial charge on any atom is -0.343 e. The summed E-state index contributed by atoms with van der Waals surface area (Å²) in [6, 6.07) is -0.152. The van der Waals surface area contributed by atoms with Gasteiger partial charge in [0.15, 0.2) is 0 Å². The molecule has 2 aliphatic heterocycles. The van der Waals surface area contributed by atoms with Crippen LogP contribution in [0.25, 0.3) is 0 Å². The zero-order valence-electron chi connectivity index (χ0n) is 13.6. The first-order valence-electron chi connectivity index (χ1n) is 8.52. The normalized spacial score (nSPS) is 25.3. The van der Waals surface area contributed by atoms with Crippen molar-refractivity contribution >= 4 is 23.2 Å². The zero-order chi connectivity index (χ0) is 16.0. The van der Waals surface area contributed by atoms with Crippen molar-refractivity contribution in [3.63, 3.8) is 0 Å². The number of rotatable bonds is 1. The molecule has 3 heterocycles. The van der Waals surface area contributed by atoms with Crippen LogP contribution in [0.4, 0.5) is 0 Å². The third-order valence-corrected chi connectivity index (χ3v) is 6.54. The van der Waals surface area contributed by atoms with E-state index in [0.29, 0.717) is 6.54 Å². The molecule has 1 unspecified atom stereocenters. The molecule has 1 aromatic heterocycles. The maximum absolute atomic E-state index is 13.0. The van der Waals surface area contributed by atoms with E-state index < -0.39 is 0 Å². The van der Waals surface area contributed by atoms with E-state index in [1.54, 1.807) is 16.2 Å². The Bertz CT molecular complexity index is 642. The number of fused-ring (bicyclic) bond motifs is 2. The molecule has 0 aromatic carbocycles. The van der Waals surface area contributed by atoms with Gasteiger partial charge in [0.1, 0.15) is 6.04 Å². The van der Waals surface area contributed by atoms with Gasteiger partial charge in [-0.1, -0.05) is 0 Å². The van der Waals surface area contributed by atoms with E-state index in [0.717, 1.165) is 44.6 Å². The molecule has 2 amide bonds. The molecule has 2 saturated heterocycles. The second-order valence-electron chi connectivity index (χ2n) is 6.82. The highest BCUT2D eigenvalue weighted by molar-refractivity contribution is 7.10. The molecule has 2 fully saturated rings. The van der Waals surface area contributed by atoms with Gasteiger partial charge in [-0.05, 0) is 31.2 Å². The van der Waals surface area contributed by atoms with Gasteiger partial charge in [-0.25, -0.2) is 0 Å². The highest BCUT2D eigenvalue weighted by Crippen LogP contribution is 2.31. The van der Waals surface area contributed by atoms with Crippen LogP contribution in [-0.2, 0) is 17.6 Å². The smallest absolute Gasteiger partial charge is 0.255 e. The first-order chi connectivity index (χ1) is 11.1. The lowest BCUT2D eigenvalue weighted by atomic mass is 9.95. The average molecular weight is 333 g/mol. The lowest BCUT2D eigenvalue weighted by Gasteiger charge is -2.45. The SMILES string of the molecule is CN1CCN2CCN(C(=O)c3csc4c3CCCC4)CC2C1=O. The number of amides is 2. The van der Waals surface area contributed by atoms with Crippen molar-refractivity contribution in [3.8, 4) is 0 Å². The van der Waals surface area contributed by atoms with Crippen LogP contribution in [0, 0.1) is 0 Å². The zero-order valence-corrected chi connectivity index (χ0v) is 14.4. The molecule has 5 nitrogen and oxygen atoms in total. The van der Waals surface area contributed by atoms with Gasteiger partial charge < -0.3 is 9.80 Å². The fourth-order valence-corrected chi connectivity index (χ4v) is 5.11. The van der Waals surface area contributed by atoms with E-state index in [4.69, 9.17) is 0 Å². The van der Waals surface area contributed by atoms with Crippen LogP contribution in [0.2, 0.25) is 0 Å². The lowest BCUT2D eigenvalue weighted by molar-refractivity contribution is -0.142. The Balaban J connectivity index is 1.53. The fraction of sp³-hybridized carbons (Fsp3) is 0.647. The van der Waals surface area contributed by atoms with E-state index in [9.17, 15) is 9.59 Å². The van der Waals surface area contributed by atoms with Crippen LogP contribution in [-0.4, -0.2) is 72.3 Å². The standard InChI is InChI=1S/C17H23N3O2S/c1-18-6-7-19-8-9-20(10-14(19)17(18)22)16(21)13-11-23-15-5-3-2-4-12(13)15/h11,14H,2-10H2,1H3. The number of likely N-dealkylation sites (N-methyl/N-ethyl adjacent to an activating group) is 1. The Kier molecular flexibility index (Phi) is 3.89. The summed E-state index contributed by atoms with van der Waals surface area (Å²) in [5, 5.41) is 2.04. The first kappa shape index (κ1) is 15.1. The summed E-state index contributed by atoms with van der Waals surface area (Å²) in [5.74, 6) is 0.283. The van der Waals surface area contributed by atoms with Crippen molar-refractivity contribution in [1.82, 2.24) is 14.7 Å². The molecule has 1 aliphatic carbocycles. The Morgan fingerprint density at radius 3 is 2.83 bits per heavy atom. The lowest BCUT2D eigenvalue weighted by Crippen LogP contribution is -2.64. The summed E-state index contributed by atoms with van der Waals surface area (Å²) in [6.45, 7) is 3.79. The van der Waals surface area contributed by atoms with Crippen LogP contribution < -0.4 is 0 Å². The second-order valence-corrected chi connectivity index (χ2v) is 7.79. The van der Waals surface area contributed by atoms with Crippen LogP contribution >= 0.6 is 11.3 Å². The highest BCUT2D eigenvalue weighted by atomic mass is 32.1. The summed E-state index contributed by atoms with van der Waals surface area (Å²) in [7, 11) is 1.86. The van der Waals surface area contributed by atoms with Crippen LogP contribution in [0.15, 0.2) is 5.38 Å². The maximum atomic E-state index is 13.0. The van der Waals surface area contributed by atoms with Gasteiger partial charge in [-0.2, -0.15) is 0 Å². The summed E-state index contributed by atoms with van der Waals surface area (Å²) >= 11 is 1.73. The molecular weight excluding hydrogens is 310 g/mol. The minimum absolute atomic E-state index is 0.130. The van der Waals surface area contributed by atoms with Crippen LogP contribution in [0.5, 0.6) is 0 Å². The van der Waals surface area contributed by atoms with Crippen LogP contribution in [0.3, 0.4) is 0 Å². The maximum Gasteiger partial charge on any atom is 0.255 e. The van der Waals surface area contributed by atoms with E-state index in [1.807, 2.05) is 17.3 Å². The van der Waals surface area contributed by atoms with Crippen molar-refractivity contribution in [2.24, 2.45) is 0 Å². The predicted octanol–water partition coefficient (Wildman–Crippen LogP) is 1.23. The number of piperazine rings is 2. The van der Waals surface area contributed by atoms with Crippen molar-refractivity contribution in [1.29, 1.82) is 0 Å². The highest BCUT2D eigenvalue weighted by Gasteiger charge is 2.39. The molecule has 4 rings (SSSR count). The second kappa shape index (κ2) is 5.91. The molecule has 0 radical (unpaired) electrons. The number of hydrogen-bond donors (Lipinski definition) is 0. The monoisotopic (exact) mass is 333 g/mol. The molecule has 3 aliphatic rings. The molecule has 1 atom stereocenters. The predicted molar refractivity (Wildman–Crippen MR) is 89.9 cm³/mol. The van der Waals surface area contributed by atoms with Gasteiger partial charge in [0.05, 0.1) is 5.56 Å². The quantitative estimate of drug-likeness (QED) is 0.776. The Hall–Kier alpha value is -1.40. The molecular formula is C17H23N3O2S. The summed E-state index contributed by atoms with van der Waals surface area (Å²) in [6.07, 6.45) is 4.57. The average Bonchev–Trinajstić information content (AvgIpc) is 3.01.